The SMILES string of the molecule is COc1ccc(CC[C@@H](C)NC(=O)NCc2nc(C)cs2)cc1. The first-order valence-corrected chi connectivity index (χ1v) is 8.53. The zero-order valence-electron chi connectivity index (χ0n) is 13.8. The van der Waals surface area contributed by atoms with E-state index in [1.807, 2.05) is 31.4 Å². The van der Waals surface area contributed by atoms with E-state index in [4.69, 9.17) is 4.74 Å². The van der Waals surface area contributed by atoms with Crippen LogP contribution < -0.4 is 15.4 Å². The zero-order chi connectivity index (χ0) is 16.7. The molecule has 0 spiro atoms. The number of rotatable bonds is 7. The van der Waals surface area contributed by atoms with Crippen molar-refractivity contribution < 1.29 is 9.53 Å². The third kappa shape index (κ3) is 5.90. The number of amides is 2. The smallest absolute Gasteiger partial charge is 0.315 e. The van der Waals surface area contributed by atoms with Crippen molar-refractivity contribution >= 4 is 17.4 Å². The Morgan fingerprint density at radius 3 is 2.70 bits per heavy atom. The lowest BCUT2D eigenvalue weighted by molar-refractivity contribution is 0.237. The van der Waals surface area contributed by atoms with Gasteiger partial charge in [-0.15, -0.1) is 11.3 Å². The van der Waals surface area contributed by atoms with Crippen LogP contribution in [-0.2, 0) is 13.0 Å². The Bertz CT molecular complexity index is 625. The van der Waals surface area contributed by atoms with Gasteiger partial charge in [-0.05, 0) is 44.4 Å². The maximum Gasteiger partial charge on any atom is 0.315 e. The van der Waals surface area contributed by atoms with E-state index in [1.54, 1.807) is 18.4 Å². The van der Waals surface area contributed by atoms with Crippen LogP contribution in [0, 0.1) is 6.92 Å². The van der Waals surface area contributed by atoms with Gasteiger partial charge in [0.05, 0.1) is 13.7 Å². The van der Waals surface area contributed by atoms with Crippen molar-refractivity contribution in [3.63, 3.8) is 0 Å². The molecule has 1 aromatic heterocycles. The van der Waals surface area contributed by atoms with Crippen molar-refractivity contribution in [2.45, 2.75) is 39.3 Å². The minimum absolute atomic E-state index is 0.107. The molecule has 1 atom stereocenters. The van der Waals surface area contributed by atoms with Gasteiger partial charge in [-0.1, -0.05) is 12.1 Å². The molecule has 1 heterocycles. The molecule has 0 fully saturated rings. The Balaban J connectivity index is 1.68. The maximum absolute atomic E-state index is 11.9. The van der Waals surface area contributed by atoms with Crippen LogP contribution in [0.15, 0.2) is 29.6 Å². The topological polar surface area (TPSA) is 63.2 Å². The molecule has 23 heavy (non-hydrogen) atoms. The summed E-state index contributed by atoms with van der Waals surface area (Å²) < 4.78 is 5.14. The Labute approximate surface area is 141 Å². The summed E-state index contributed by atoms with van der Waals surface area (Å²) in [4.78, 5) is 16.2. The average molecular weight is 333 g/mol. The number of aryl methyl sites for hydroxylation is 2. The van der Waals surface area contributed by atoms with Crippen LogP contribution in [0.2, 0.25) is 0 Å². The molecule has 0 aliphatic heterocycles. The molecule has 0 bridgehead atoms. The van der Waals surface area contributed by atoms with Gasteiger partial charge < -0.3 is 15.4 Å². The Morgan fingerprint density at radius 2 is 2.09 bits per heavy atom. The van der Waals surface area contributed by atoms with E-state index in [2.05, 4.69) is 27.8 Å². The number of urea groups is 1. The number of methoxy groups -OCH3 is 1. The minimum Gasteiger partial charge on any atom is -0.497 e. The first-order valence-electron chi connectivity index (χ1n) is 7.65. The predicted octanol–water partition coefficient (Wildman–Crippen LogP) is 3.28. The van der Waals surface area contributed by atoms with E-state index in [-0.39, 0.29) is 12.1 Å². The fraction of sp³-hybridized carbons (Fsp3) is 0.412. The molecule has 0 aliphatic rings. The first-order chi connectivity index (χ1) is 11.1. The highest BCUT2D eigenvalue weighted by Gasteiger charge is 2.08. The molecule has 0 aliphatic carbocycles. The number of carbonyl (C=O) groups excluding carboxylic acids is 1. The number of carbonyl (C=O) groups is 1. The number of benzene rings is 1. The second-order valence-corrected chi connectivity index (χ2v) is 6.44. The largest absolute Gasteiger partial charge is 0.497 e. The number of nitrogens with zero attached hydrogens (tertiary/aromatic N) is 1. The average Bonchev–Trinajstić information content (AvgIpc) is 2.97. The summed E-state index contributed by atoms with van der Waals surface area (Å²) in [6, 6.07) is 7.97. The fourth-order valence-corrected chi connectivity index (χ4v) is 2.87. The highest BCUT2D eigenvalue weighted by molar-refractivity contribution is 7.09. The van der Waals surface area contributed by atoms with E-state index >= 15 is 0 Å². The maximum atomic E-state index is 11.9. The number of thiazole rings is 1. The van der Waals surface area contributed by atoms with Crippen molar-refractivity contribution in [3.05, 3.63) is 45.9 Å². The highest BCUT2D eigenvalue weighted by atomic mass is 32.1. The van der Waals surface area contributed by atoms with Gasteiger partial charge in [0, 0.05) is 17.1 Å². The number of hydrogen-bond donors (Lipinski definition) is 2. The Morgan fingerprint density at radius 1 is 1.35 bits per heavy atom. The van der Waals surface area contributed by atoms with E-state index < -0.39 is 0 Å². The molecular weight excluding hydrogens is 310 g/mol. The summed E-state index contributed by atoms with van der Waals surface area (Å²) in [5, 5.41) is 8.69. The van der Waals surface area contributed by atoms with Crippen LogP contribution in [0.25, 0.3) is 0 Å². The molecule has 0 unspecified atom stereocenters. The second kappa shape index (κ2) is 8.53. The second-order valence-electron chi connectivity index (χ2n) is 5.50. The van der Waals surface area contributed by atoms with E-state index in [0.29, 0.717) is 6.54 Å². The number of aromatic nitrogens is 1. The number of ether oxygens (including phenoxy) is 1. The molecule has 2 N–H and O–H groups in total. The summed E-state index contributed by atoms with van der Waals surface area (Å²) in [6.45, 7) is 4.42. The normalized spacial score (nSPS) is 11.8. The monoisotopic (exact) mass is 333 g/mol. The third-order valence-electron chi connectivity index (χ3n) is 3.47. The van der Waals surface area contributed by atoms with Gasteiger partial charge in [-0.25, -0.2) is 9.78 Å². The predicted molar refractivity (Wildman–Crippen MR) is 93.0 cm³/mol. The van der Waals surface area contributed by atoms with Gasteiger partial charge >= 0.3 is 6.03 Å². The van der Waals surface area contributed by atoms with Gasteiger partial charge in [0.1, 0.15) is 10.8 Å². The molecule has 2 amide bonds. The quantitative estimate of drug-likeness (QED) is 0.817. The lowest BCUT2D eigenvalue weighted by Gasteiger charge is -2.14. The van der Waals surface area contributed by atoms with Crippen LogP contribution in [-0.4, -0.2) is 24.2 Å². The summed E-state index contributed by atoms with van der Waals surface area (Å²) in [5.74, 6) is 0.858. The van der Waals surface area contributed by atoms with Crippen molar-refractivity contribution in [2.75, 3.05) is 7.11 Å². The molecule has 0 radical (unpaired) electrons. The van der Waals surface area contributed by atoms with Gasteiger partial charge in [-0.2, -0.15) is 0 Å². The van der Waals surface area contributed by atoms with Crippen LogP contribution in [0.4, 0.5) is 4.79 Å². The van der Waals surface area contributed by atoms with E-state index in [0.717, 1.165) is 29.3 Å². The van der Waals surface area contributed by atoms with Crippen LogP contribution in [0.1, 0.15) is 29.6 Å². The zero-order valence-corrected chi connectivity index (χ0v) is 14.6. The standard InChI is InChI=1S/C17H23N3O2S/c1-12(4-5-14-6-8-15(22-3)9-7-14)20-17(21)18-10-16-19-13(2)11-23-16/h6-9,11-12H,4-5,10H2,1-3H3,(H2,18,20,21)/t12-/m1/s1. The van der Waals surface area contributed by atoms with E-state index in [9.17, 15) is 4.79 Å². The van der Waals surface area contributed by atoms with Crippen LogP contribution in [0.5, 0.6) is 5.75 Å². The van der Waals surface area contributed by atoms with Crippen LogP contribution >= 0.6 is 11.3 Å². The number of nitrogens with one attached hydrogen (secondary N) is 2. The van der Waals surface area contributed by atoms with Gasteiger partial charge in [-0.3, -0.25) is 0 Å². The lowest BCUT2D eigenvalue weighted by atomic mass is 10.1. The lowest BCUT2D eigenvalue weighted by Crippen LogP contribution is -2.40. The Hall–Kier alpha value is -2.08. The Kier molecular flexibility index (Phi) is 6.40. The first kappa shape index (κ1) is 17.3. The van der Waals surface area contributed by atoms with Crippen molar-refractivity contribution in [3.8, 4) is 5.75 Å². The molecule has 2 rings (SSSR count). The van der Waals surface area contributed by atoms with Crippen LogP contribution in [0.3, 0.4) is 0 Å². The molecular formula is C17H23N3O2S. The van der Waals surface area contributed by atoms with Gasteiger partial charge in [0.25, 0.3) is 0 Å². The van der Waals surface area contributed by atoms with Crippen molar-refractivity contribution in [2.24, 2.45) is 0 Å². The van der Waals surface area contributed by atoms with Gasteiger partial charge in [0.2, 0.25) is 0 Å². The summed E-state index contributed by atoms with van der Waals surface area (Å²) >= 11 is 1.56. The fourth-order valence-electron chi connectivity index (χ4n) is 2.16. The van der Waals surface area contributed by atoms with Gasteiger partial charge in [0.15, 0.2) is 0 Å². The highest BCUT2D eigenvalue weighted by Crippen LogP contribution is 2.13. The summed E-state index contributed by atoms with van der Waals surface area (Å²) in [6.07, 6.45) is 1.80. The molecule has 1 aromatic carbocycles. The summed E-state index contributed by atoms with van der Waals surface area (Å²) in [5.41, 5.74) is 2.22. The third-order valence-corrected chi connectivity index (χ3v) is 4.44. The molecule has 124 valence electrons. The molecule has 0 saturated carbocycles. The number of hydrogen-bond acceptors (Lipinski definition) is 4. The molecule has 0 saturated heterocycles. The van der Waals surface area contributed by atoms with E-state index in [1.165, 1.54) is 5.56 Å². The molecule has 5 nitrogen and oxygen atoms in total. The molecule has 2 aromatic rings. The van der Waals surface area contributed by atoms with Crippen molar-refractivity contribution in [1.29, 1.82) is 0 Å². The summed E-state index contributed by atoms with van der Waals surface area (Å²) in [7, 11) is 1.66. The van der Waals surface area contributed by atoms with Crippen molar-refractivity contribution in [1.82, 2.24) is 15.6 Å². The minimum atomic E-state index is -0.153. The molecule has 6 heteroatoms.